The minimum Gasteiger partial charge on any atom is -0.286 e. The first-order chi connectivity index (χ1) is 4.20. The van der Waals surface area contributed by atoms with Crippen LogP contribution in [-0.2, 0) is 0 Å². The van der Waals surface area contributed by atoms with Crippen LogP contribution in [0.4, 0.5) is 8.78 Å². The van der Waals surface area contributed by atoms with E-state index in [4.69, 9.17) is 0 Å². The van der Waals surface area contributed by atoms with Crippen LogP contribution in [0.2, 0.25) is 0 Å². The Morgan fingerprint density at radius 3 is 2.56 bits per heavy atom. The zero-order valence-electron chi connectivity index (χ0n) is 4.96. The van der Waals surface area contributed by atoms with Crippen molar-refractivity contribution in [2.24, 2.45) is 5.10 Å². The van der Waals surface area contributed by atoms with E-state index in [0.29, 0.717) is 0 Å². The molecule has 3 nitrogen and oxygen atoms in total. The van der Waals surface area contributed by atoms with E-state index >= 15 is 0 Å². The molecule has 1 aliphatic heterocycles. The van der Waals surface area contributed by atoms with Crippen molar-refractivity contribution in [1.29, 1.82) is 0 Å². The molecule has 0 radical (unpaired) electrons. The molecule has 9 heavy (non-hydrogen) atoms. The summed E-state index contributed by atoms with van der Waals surface area (Å²) in [6.07, 6.45) is 1.13. The molecule has 52 valence electrons. The van der Waals surface area contributed by atoms with Gasteiger partial charge in [-0.1, -0.05) is 0 Å². The van der Waals surface area contributed by atoms with E-state index in [1.165, 1.54) is 5.01 Å². The summed E-state index contributed by atoms with van der Waals surface area (Å²) in [4.78, 5) is 0.847. The number of nitrogens with zero attached hydrogens (tertiary/aromatic N) is 3. The first-order valence-corrected chi connectivity index (χ1v) is 2.49. The smallest absolute Gasteiger partial charge is 0.286 e. The van der Waals surface area contributed by atoms with Crippen molar-refractivity contribution in [1.82, 2.24) is 9.91 Å². The largest absolute Gasteiger partial charge is 0.317 e. The van der Waals surface area contributed by atoms with Gasteiger partial charge < -0.3 is 0 Å². The van der Waals surface area contributed by atoms with E-state index in [1.54, 1.807) is 7.05 Å². The molecule has 0 aromatic rings. The lowest BCUT2D eigenvalue weighted by Crippen LogP contribution is -2.28. The van der Waals surface area contributed by atoms with Crippen LogP contribution < -0.4 is 0 Å². The van der Waals surface area contributed by atoms with Crippen LogP contribution in [0.5, 0.6) is 0 Å². The molecule has 0 bridgehead atoms. The van der Waals surface area contributed by atoms with Gasteiger partial charge in [-0.25, -0.2) is 0 Å². The molecular weight excluding hydrogens is 128 g/mol. The van der Waals surface area contributed by atoms with Crippen LogP contribution in [0.15, 0.2) is 5.10 Å². The lowest BCUT2D eigenvalue weighted by molar-refractivity contribution is 0.0125. The normalized spacial score (nSPS) is 18.2. The molecule has 0 fully saturated rings. The van der Waals surface area contributed by atoms with Crippen LogP contribution in [0.25, 0.3) is 0 Å². The number of rotatable bonds is 1. The molecule has 0 spiro atoms. The van der Waals surface area contributed by atoms with Gasteiger partial charge in [-0.3, -0.25) is 9.91 Å². The van der Waals surface area contributed by atoms with E-state index < -0.39 is 6.55 Å². The lowest BCUT2D eigenvalue weighted by Gasteiger charge is -2.13. The highest BCUT2D eigenvalue weighted by Gasteiger charge is 2.17. The topological polar surface area (TPSA) is 18.8 Å². The van der Waals surface area contributed by atoms with Gasteiger partial charge in [0.25, 0.3) is 0 Å². The summed E-state index contributed by atoms with van der Waals surface area (Å²) in [6, 6.07) is 0. The Labute approximate surface area is 51.5 Å². The third kappa shape index (κ3) is 1.28. The van der Waals surface area contributed by atoms with Crippen LogP contribution in [0.1, 0.15) is 0 Å². The second kappa shape index (κ2) is 2.16. The number of hydrogen-bond donors (Lipinski definition) is 0. The maximum atomic E-state index is 11.7. The Balaban J connectivity index is 2.41. The minimum absolute atomic E-state index is 0.178. The molecule has 0 aromatic heterocycles. The predicted octanol–water partition coefficient (Wildman–Crippen LogP) is 0.357. The van der Waals surface area contributed by atoms with Gasteiger partial charge in [-0.2, -0.15) is 13.9 Å². The van der Waals surface area contributed by atoms with E-state index in [-0.39, 0.29) is 6.67 Å². The highest BCUT2D eigenvalue weighted by Crippen LogP contribution is 2.05. The highest BCUT2D eigenvalue weighted by atomic mass is 19.3. The Kier molecular flexibility index (Phi) is 1.50. The first kappa shape index (κ1) is 6.25. The fourth-order valence-electron chi connectivity index (χ4n) is 0.576. The SMILES string of the molecule is CN1CN(C(F)F)C=N1. The maximum Gasteiger partial charge on any atom is 0.317 e. The van der Waals surface area contributed by atoms with Gasteiger partial charge in [-0.15, -0.1) is 0 Å². The predicted molar refractivity (Wildman–Crippen MR) is 29.0 cm³/mol. The van der Waals surface area contributed by atoms with Gasteiger partial charge in [0.1, 0.15) is 13.0 Å². The second-order valence-electron chi connectivity index (χ2n) is 1.82. The standard InChI is InChI=1S/C4H7F2N3/c1-8-3-9(2-7-8)4(5)6/h2,4H,3H2,1H3. The summed E-state index contributed by atoms with van der Waals surface area (Å²) < 4.78 is 23.4. The summed E-state index contributed by atoms with van der Waals surface area (Å²) in [7, 11) is 1.64. The molecule has 0 atom stereocenters. The monoisotopic (exact) mass is 135 g/mol. The second-order valence-corrected chi connectivity index (χ2v) is 1.82. The van der Waals surface area contributed by atoms with Gasteiger partial charge in [0.05, 0.1) is 0 Å². The summed E-state index contributed by atoms with van der Waals surface area (Å²) in [5.74, 6) is 0. The van der Waals surface area contributed by atoms with E-state index in [0.717, 1.165) is 11.2 Å². The van der Waals surface area contributed by atoms with E-state index in [9.17, 15) is 8.78 Å². The average molecular weight is 135 g/mol. The van der Waals surface area contributed by atoms with Crippen molar-refractivity contribution in [3.63, 3.8) is 0 Å². The van der Waals surface area contributed by atoms with Gasteiger partial charge in [0.2, 0.25) is 0 Å². The van der Waals surface area contributed by atoms with E-state index in [2.05, 4.69) is 5.10 Å². The fourth-order valence-corrected chi connectivity index (χ4v) is 0.576. The third-order valence-electron chi connectivity index (χ3n) is 1.02. The Hall–Kier alpha value is -0.870. The molecule has 0 N–H and O–H groups in total. The third-order valence-corrected chi connectivity index (χ3v) is 1.02. The average Bonchev–Trinajstić information content (AvgIpc) is 2.14. The zero-order chi connectivity index (χ0) is 6.85. The molecule has 0 saturated carbocycles. The molecule has 0 aromatic carbocycles. The van der Waals surface area contributed by atoms with Crippen LogP contribution >= 0.6 is 0 Å². The number of hydrogen-bond acceptors (Lipinski definition) is 3. The quantitative estimate of drug-likeness (QED) is 0.483. The first-order valence-electron chi connectivity index (χ1n) is 2.49. The lowest BCUT2D eigenvalue weighted by atomic mass is 10.8. The molecule has 0 amide bonds. The van der Waals surface area contributed by atoms with Crippen molar-refractivity contribution in [2.45, 2.75) is 6.55 Å². The molecule has 1 rings (SSSR count). The van der Waals surface area contributed by atoms with Gasteiger partial charge in [-0.05, 0) is 0 Å². The minimum atomic E-state index is -2.43. The number of alkyl halides is 2. The van der Waals surface area contributed by atoms with Gasteiger partial charge in [0, 0.05) is 7.05 Å². The Morgan fingerprint density at radius 2 is 2.33 bits per heavy atom. The number of halogens is 2. The Bertz CT molecular complexity index is 125. The van der Waals surface area contributed by atoms with Crippen molar-refractivity contribution in [3.8, 4) is 0 Å². The molecule has 0 aliphatic carbocycles. The molecule has 1 heterocycles. The van der Waals surface area contributed by atoms with Gasteiger partial charge in [0.15, 0.2) is 0 Å². The fraction of sp³-hybridized carbons (Fsp3) is 0.750. The maximum absolute atomic E-state index is 11.7. The highest BCUT2D eigenvalue weighted by molar-refractivity contribution is 5.55. The summed E-state index contributed by atoms with van der Waals surface area (Å²) in [5.41, 5.74) is 0. The van der Waals surface area contributed by atoms with Crippen molar-refractivity contribution in [2.75, 3.05) is 13.7 Å². The van der Waals surface area contributed by atoms with Crippen molar-refractivity contribution in [3.05, 3.63) is 0 Å². The van der Waals surface area contributed by atoms with Crippen LogP contribution in [0.3, 0.4) is 0 Å². The Morgan fingerprint density at radius 1 is 1.67 bits per heavy atom. The van der Waals surface area contributed by atoms with Crippen molar-refractivity contribution >= 4 is 6.34 Å². The van der Waals surface area contributed by atoms with Crippen LogP contribution in [-0.4, -0.2) is 36.5 Å². The van der Waals surface area contributed by atoms with E-state index in [1.807, 2.05) is 0 Å². The zero-order valence-corrected chi connectivity index (χ0v) is 4.96. The van der Waals surface area contributed by atoms with Gasteiger partial charge >= 0.3 is 6.55 Å². The van der Waals surface area contributed by atoms with Crippen molar-refractivity contribution < 1.29 is 8.78 Å². The molecule has 0 unspecified atom stereocenters. The summed E-state index contributed by atoms with van der Waals surface area (Å²) in [5, 5.41) is 5.03. The summed E-state index contributed by atoms with van der Waals surface area (Å²) in [6.45, 7) is -2.25. The van der Waals surface area contributed by atoms with Crippen LogP contribution in [0, 0.1) is 0 Å². The molecular formula is C4H7F2N3. The molecule has 1 aliphatic rings. The summed E-state index contributed by atoms with van der Waals surface area (Å²) >= 11 is 0. The molecule has 0 saturated heterocycles. The number of hydrazone groups is 1. The molecule has 5 heteroatoms.